The third-order valence-electron chi connectivity index (χ3n) is 2.06. The molecule has 0 amide bonds. The topological polar surface area (TPSA) is 0 Å². The highest BCUT2D eigenvalue weighted by Gasteiger charge is 1.90. The summed E-state index contributed by atoms with van der Waals surface area (Å²) in [5.74, 6) is 0. The molecule has 0 heterocycles. The molecule has 0 nitrogen and oxygen atoms in total. The van der Waals surface area contributed by atoms with Gasteiger partial charge in [-0.2, -0.15) is 0 Å². The van der Waals surface area contributed by atoms with Gasteiger partial charge in [-0.1, -0.05) is 103 Å². The summed E-state index contributed by atoms with van der Waals surface area (Å²) in [5.41, 5.74) is 2.41. The maximum atomic E-state index is 3.74. The molecule has 0 aliphatic carbocycles. The molecular formula is C19H34. The summed E-state index contributed by atoms with van der Waals surface area (Å²) in [5, 5.41) is 0. The standard InChI is InChI=1S/C11H12.C4H10.2C2H6/c1-3-7-11-9-6-5-8-10(11)4-2;1-3-4-2;2*1-2/h3-9H,2H2,1H3;3-4H2,1-2H3;2*1-2H3/b7-3-;;;. The van der Waals surface area contributed by atoms with Gasteiger partial charge >= 0.3 is 0 Å². The highest BCUT2D eigenvalue weighted by atomic mass is 13.9. The largest absolute Gasteiger partial charge is 0.0984 e. The summed E-state index contributed by atoms with van der Waals surface area (Å²) >= 11 is 0. The van der Waals surface area contributed by atoms with Crippen molar-refractivity contribution in [1.82, 2.24) is 0 Å². The molecular weight excluding hydrogens is 228 g/mol. The SMILES string of the molecule is C=Cc1ccccc1/C=C\C.CC.CC.CCCC. The Labute approximate surface area is 122 Å². The van der Waals surface area contributed by atoms with E-state index in [1.165, 1.54) is 24.0 Å². The van der Waals surface area contributed by atoms with E-state index in [9.17, 15) is 0 Å². The molecule has 0 aromatic heterocycles. The first-order valence-corrected chi connectivity index (χ1v) is 7.64. The fourth-order valence-electron chi connectivity index (χ4n) is 1.03. The quantitative estimate of drug-likeness (QED) is 0.539. The van der Waals surface area contributed by atoms with E-state index >= 15 is 0 Å². The van der Waals surface area contributed by atoms with Crippen LogP contribution in [-0.4, -0.2) is 0 Å². The van der Waals surface area contributed by atoms with Crippen molar-refractivity contribution in [2.45, 2.75) is 61.3 Å². The second kappa shape index (κ2) is 21.9. The zero-order valence-corrected chi connectivity index (χ0v) is 14.2. The van der Waals surface area contributed by atoms with Crippen molar-refractivity contribution in [2.75, 3.05) is 0 Å². The van der Waals surface area contributed by atoms with Gasteiger partial charge in [0, 0.05) is 0 Å². The molecule has 0 bridgehead atoms. The van der Waals surface area contributed by atoms with Crippen molar-refractivity contribution in [3.8, 4) is 0 Å². The number of hydrogen-bond donors (Lipinski definition) is 0. The first-order valence-electron chi connectivity index (χ1n) is 7.64. The van der Waals surface area contributed by atoms with Crippen molar-refractivity contribution in [2.24, 2.45) is 0 Å². The second-order valence-electron chi connectivity index (χ2n) is 3.33. The highest BCUT2D eigenvalue weighted by Crippen LogP contribution is 2.11. The fourth-order valence-corrected chi connectivity index (χ4v) is 1.03. The van der Waals surface area contributed by atoms with Gasteiger partial charge in [0.25, 0.3) is 0 Å². The van der Waals surface area contributed by atoms with Crippen molar-refractivity contribution in [3.63, 3.8) is 0 Å². The van der Waals surface area contributed by atoms with Gasteiger partial charge in [-0.15, -0.1) is 0 Å². The molecule has 1 aromatic rings. The number of rotatable bonds is 3. The minimum atomic E-state index is 1.19. The van der Waals surface area contributed by atoms with Crippen LogP contribution >= 0.6 is 0 Å². The minimum Gasteiger partial charge on any atom is -0.0984 e. The van der Waals surface area contributed by atoms with E-state index in [1.54, 1.807) is 0 Å². The Kier molecular flexibility index (Phi) is 26.4. The molecule has 1 rings (SSSR count). The number of unbranched alkanes of at least 4 members (excludes halogenated alkanes) is 1. The van der Waals surface area contributed by atoms with E-state index in [1.807, 2.05) is 58.9 Å². The monoisotopic (exact) mass is 262 g/mol. The van der Waals surface area contributed by atoms with Crippen LogP contribution in [-0.2, 0) is 0 Å². The van der Waals surface area contributed by atoms with Gasteiger partial charge < -0.3 is 0 Å². The van der Waals surface area contributed by atoms with Crippen LogP contribution in [0.4, 0.5) is 0 Å². The molecule has 0 heteroatoms. The number of allylic oxidation sites excluding steroid dienone is 1. The van der Waals surface area contributed by atoms with Crippen LogP contribution in [0.1, 0.15) is 72.4 Å². The third-order valence-corrected chi connectivity index (χ3v) is 2.06. The van der Waals surface area contributed by atoms with Gasteiger partial charge in [-0.25, -0.2) is 0 Å². The highest BCUT2D eigenvalue weighted by molar-refractivity contribution is 5.63. The normalized spacial score (nSPS) is 8.16. The average molecular weight is 262 g/mol. The average Bonchev–Trinajstić information content (AvgIpc) is 2.52. The third kappa shape index (κ3) is 14.6. The van der Waals surface area contributed by atoms with Gasteiger partial charge in [-0.05, 0) is 18.1 Å². The molecule has 0 N–H and O–H groups in total. The molecule has 1 aromatic carbocycles. The first kappa shape index (κ1) is 22.8. The van der Waals surface area contributed by atoms with Crippen LogP contribution in [0.25, 0.3) is 12.2 Å². The van der Waals surface area contributed by atoms with Crippen LogP contribution in [0.15, 0.2) is 36.9 Å². The van der Waals surface area contributed by atoms with Crippen molar-refractivity contribution >= 4 is 12.2 Å². The van der Waals surface area contributed by atoms with E-state index in [0.29, 0.717) is 0 Å². The Balaban J connectivity index is -0.000000271. The summed E-state index contributed by atoms with van der Waals surface area (Å²) in [6.45, 7) is 18.1. The smallest absolute Gasteiger partial charge is 0.0188 e. The zero-order valence-electron chi connectivity index (χ0n) is 14.2. The predicted octanol–water partition coefficient (Wildman–Crippen LogP) is 7.22. The molecule has 0 radical (unpaired) electrons. The predicted molar refractivity (Wildman–Crippen MR) is 94.5 cm³/mol. The molecule has 0 saturated carbocycles. The van der Waals surface area contributed by atoms with Gasteiger partial charge in [0.15, 0.2) is 0 Å². The van der Waals surface area contributed by atoms with Crippen LogP contribution in [0.5, 0.6) is 0 Å². The van der Waals surface area contributed by atoms with Gasteiger partial charge in [0.2, 0.25) is 0 Å². The molecule has 0 aliphatic rings. The van der Waals surface area contributed by atoms with E-state index in [2.05, 4.69) is 38.6 Å². The summed E-state index contributed by atoms with van der Waals surface area (Å²) in [6.07, 6.45) is 8.62. The van der Waals surface area contributed by atoms with Crippen LogP contribution in [0.3, 0.4) is 0 Å². The molecule has 0 atom stereocenters. The number of hydrogen-bond acceptors (Lipinski definition) is 0. The molecule has 0 unspecified atom stereocenters. The Morgan fingerprint density at radius 1 is 0.895 bits per heavy atom. The Morgan fingerprint density at radius 2 is 1.32 bits per heavy atom. The van der Waals surface area contributed by atoms with Crippen LogP contribution in [0.2, 0.25) is 0 Å². The second-order valence-corrected chi connectivity index (χ2v) is 3.33. The van der Waals surface area contributed by atoms with Crippen molar-refractivity contribution in [3.05, 3.63) is 48.0 Å². The van der Waals surface area contributed by atoms with E-state index in [-0.39, 0.29) is 0 Å². The summed E-state index contributed by atoms with van der Waals surface area (Å²) in [6, 6.07) is 8.19. The molecule has 0 saturated heterocycles. The van der Waals surface area contributed by atoms with E-state index in [0.717, 1.165) is 0 Å². The van der Waals surface area contributed by atoms with E-state index in [4.69, 9.17) is 0 Å². The van der Waals surface area contributed by atoms with Crippen molar-refractivity contribution in [1.29, 1.82) is 0 Å². The summed E-state index contributed by atoms with van der Waals surface area (Å²) in [4.78, 5) is 0. The lowest BCUT2D eigenvalue weighted by molar-refractivity contribution is 0.886. The summed E-state index contributed by atoms with van der Waals surface area (Å²) in [7, 11) is 0. The molecule has 19 heavy (non-hydrogen) atoms. The molecule has 0 spiro atoms. The maximum absolute atomic E-state index is 3.74. The van der Waals surface area contributed by atoms with Crippen molar-refractivity contribution < 1.29 is 0 Å². The van der Waals surface area contributed by atoms with Gasteiger partial charge in [0.1, 0.15) is 0 Å². The van der Waals surface area contributed by atoms with Crippen LogP contribution in [0, 0.1) is 0 Å². The Morgan fingerprint density at radius 3 is 1.63 bits per heavy atom. The molecule has 0 fully saturated rings. The zero-order chi connectivity index (χ0) is 15.5. The van der Waals surface area contributed by atoms with Gasteiger partial charge in [-0.3, -0.25) is 0 Å². The Hall–Kier alpha value is -1.30. The number of benzene rings is 1. The molecule has 0 aliphatic heterocycles. The minimum absolute atomic E-state index is 1.19. The lowest BCUT2D eigenvalue weighted by atomic mass is 10.1. The fraction of sp³-hybridized carbons (Fsp3) is 0.474. The lowest BCUT2D eigenvalue weighted by Gasteiger charge is -1.97. The lowest BCUT2D eigenvalue weighted by Crippen LogP contribution is -1.76. The molecule has 110 valence electrons. The Bertz CT molecular complexity index is 293. The van der Waals surface area contributed by atoms with E-state index < -0.39 is 0 Å². The van der Waals surface area contributed by atoms with Crippen LogP contribution < -0.4 is 0 Å². The van der Waals surface area contributed by atoms with Gasteiger partial charge in [0.05, 0.1) is 0 Å². The summed E-state index contributed by atoms with van der Waals surface area (Å²) < 4.78 is 0. The maximum Gasteiger partial charge on any atom is -0.0188 e. The first-order chi connectivity index (χ1) is 9.29.